The van der Waals surface area contributed by atoms with Crippen molar-refractivity contribution in [2.75, 3.05) is 25.0 Å². The van der Waals surface area contributed by atoms with Gasteiger partial charge in [-0.25, -0.2) is 0 Å². The van der Waals surface area contributed by atoms with E-state index < -0.39 is 5.60 Å². The molecule has 2 N–H and O–H groups in total. The van der Waals surface area contributed by atoms with Gasteiger partial charge in [-0.1, -0.05) is 36.2 Å². The number of aliphatic hydroxyl groups is 1. The van der Waals surface area contributed by atoms with E-state index >= 15 is 0 Å². The molecule has 1 heterocycles. The Balaban J connectivity index is 1.79. The number of nitrogens with one attached hydrogen (secondary N) is 1. The molecule has 0 spiro atoms. The average molecular weight is 317 g/mol. The standard InChI is InChI=1S/C14H18Cl2N2O2/c1-2-14(20)8-18(9-14)7-6-12(19)17-13-10(15)4-3-5-11(13)16/h3-5,20H,2,6-9H2,1H3,(H,17,19). The summed E-state index contributed by atoms with van der Waals surface area (Å²) in [6.45, 7) is 3.84. The molecule has 110 valence electrons. The highest BCUT2D eigenvalue weighted by molar-refractivity contribution is 6.39. The number of carbonyl (C=O) groups is 1. The number of carbonyl (C=O) groups excluding carboxylic acids is 1. The van der Waals surface area contributed by atoms with Gasteiger partial charge in [0, 0.05) is 26.1 Å². The second kappa shape index (κ2) is 6.31. The summed E-state index contributed by atoms with van der Waals surface area (Å²) < 4.78 is 0. The molecular weight excluding hydrogens is 299 g/mol. The van der Waals surface area contributed by atoms with Crippen LogP contribution in [0.1, 0.15) is 19.8 Å². The van der Waals surface area contributed by atoms with Crippen molar-refractivity contribution in [1.82, 2.24) is 4.90 Å². The van der Waals surface area contributed by atoms with E-state index in [9.17, 15) is 9.90 Å². The lowest BCUT2D eigenvalue weighted by atomic mass is 9.91. The maximum atomic E-state index is 11.9. The van der Waals surface area contributed by atoms with Crippen molar-refractivity contribution < 1.29 is 9.90 Å². The Hall–Kier alpha value is -0.810. The Morgan fingerprint density at radius 2 is 2.00 bits per heavy atom. The van der Waals surface area contributed by atoms with Gasteiger partial charge in [0.2, 0.25) is 5.91 Å². The molecule has 1 aromatic rings. The molecule has 0 unspecified atom stereocenters. The highest BCUT2D eigenvalue weighted by atomic mass is 35.5. The minimum absolute atomic E-state index is 0.132. The molecule has 1 aliphatic heterocycles. The average Bonchev–Trinajstić information content (AvgIpc) is 2.38. The van der Waals surface area contributed by atoms with E-state index in [1.165, 1.54) is 0 Å². The van der Waals surface area contributed by atoms with Crippen LogP contribution in [0.4, 0.5) is 5.69 Å². The summed E-state index contributed by atoms with van der Waals surface area (Å²) in [5.74, 6) is -0.132. The molecule has 1 aromatic carbocycles. The van der Waals surface area contributed by atoms with E-state index in [-0.39, 0.29) is 5.91 Å². The summed E-state index contributed by atoms with van der Waals surface area (Å²) >= 11 is 12.0. The highest BCUT2D eigenvalue weighted by Crippen LogP contribution is 2.30. The third-order valence-electron chi connectivity index (χ3n) is 3.58. The zero-order chi connectivity index (χ0) is 14.8. The maximum absolute atomic E-state index is 11.9. The number of para-hydroxylation sites is 1. The molecular formula is C14H18Cl2N2O2. The van der Waals surface area contributed by atoms with Gasteiger partial charge < -0.3 is 10.4 Å². The summed E-state index contributed by atoms with van der Waals surface area (Å²) in [6.07, 6.45) is 1.09. The van der Waals surface area contributed by atoms with Gasteiger partial charge in [-0.2, -0.15) is 0 Å². The van der Waals surface area contributed by atoms with E-state index in [2.05, 4.69) is 10.2 Å². The van der Waals surface area contributed by atoms with Crippen LogP contribution in [0, 0.1) is 0 Å². The number of halogens is 2. The normalized spacial score (nSPS) is 17.6. The zero-order valence-corrected chi connectivity index (χ0v) is 12.8. The molecule has 1 fully saturated rings. The number of rotatable bonds is 5. The van der Waals surface area contributed by atoms with Crippen LogP contribution in [0.5, 0.6) is 0 Å². The van der Waals surface area contributed by atoms with Gasteiger partial charge >= 0.3 is 0 Å². The molecule has 0 saturated carbocycles. The number of β-amino-alcohol motifs (C(OH)–C–C–N with tert-alkyl or cyclic N) is 1. The third kappa shape index (κ3) is 3.64. The Morgan fingerprint density at radius 1 is 1.40 bits per heavy atom. The second-order valence-corrected chi connectivity index (χ2v) is 6.00. The Labute approximate surface area is 128 Å². The van der Waals surface area contributed by atoms with Crippen molar-refractivity contribution in [2.45, 2.75) is 25.4 Å². The van der Waals surface area contributed by atoms with Gasteiger partial charge in [0.1, 0.15) is 0 Å². The number of benzene rings is 1. The van der Waals surface area contributed by atoms with E-state index in [0.29, 0.717) is 41.8 Å². The van der Waals surface area contributed by atoms with Gasteiger partial charge in [0.05, 0.1) is 21.3 Å². The van der Waals surface area contributed by atoms with Crippen molar-refractivity contribution in [3.63, 3.8) is 0 Å². The number of likely N-dealkylation sites (tertiary alicyclic amines) is 1. The van der Waals surface area contributed by atoms with Gasteiger partial charge in [-0.15, -0.1) is 0 Å². The van der Waals surface area contributed by atoms with Gasteiger partial charge in [-0.05, 0) is 18.6 Å². The minimum atomic E-state index is -0.567. The molecule has 0 atom stereocenters. The van der Waals surface area contributed by atoms with Crippen molar-refractivity contribution in [3.8, 4) is 0 Å². The monoisotopic (exact) mass is 316 g/mol. The fourth-order valence-electron chi connectivity index (χ4n) is 2.25. The number of nitrogens with zero attached hydrogens (tertiary/aromatic N) is 1. The molecule has 1 saturated heterocycles. The van der Waals surface area contributed by atoms with Crippen LogP contribution in [-0.4, -0.2) is 41.1 Å². The van der Waals surface area contributed by atoms with E-state index in [4.69, 9.17) is 23.2 Å². The largest absolute Gasteiger partial charge is 0.387 e. The summed E-state index contributed by atoms with van der Waals surface area (Å²) in [7, 11) is 0. The molecule has 0 aromatic heterocycles. The van der Waals surface area contributed by atoms with Crippen molar-refractivity contribution in [1.29, 1.82) is 0 Å². The van der Waals surface area contributed by atoms with Crippen molar-refractivity contribution in [2.24, 2.45) is 0 Å². The Kier molecular flexibility index (Phi) is 4.91. The number of hydrogen-bond donors (Lipinski definition) is 2. The van der Waals surface area contributed by atoms with Gasteiger partial charge in [-0.3, -0.25) is 9.69 Å². The van der Waals surface area contributed by atoms with Gasteiger partial charge in [0.25, 0.3) is 0 Å². The fourth-order valence-corrected chi connectivity index (χ4v) is 2.74. The van der Waals surface area contributed by atoms with Crippen LogP contribution in [0.15, 0.2) is 18.2 Å². The Morgan fingerprint density at radius 3 is 2.55 bits per heavy atom. The first-order valence-electron chi connectivity index (χ1n) is 6.62. The van der Waals surface area contributed by atoms with Crippen molar-refractivity contribution in [3.05, 3.63) is 28.2 Å². The topological polar surface area (TPSA) is 52.6 Å². The molecule has 0 bridgehead atoms. The number of amides is 1. The van der Waals surface area contributed by atoms with E-state index in [1.807, 2.05) is 6.92 Å². The molecule has 0 radical (unpaired) electrons. The molecule has 4 nitrogen and oxygen atoms in total. The predicted octanol–water partition coefficient (Wildman–Crippen LogP) is 2.78. The first kappa shape index (κ1) is 15.6. The third-order valence-corrected chi connectivity index (χ3v) is 4.21. The summed E-state index contributed by atoms with van der Waals surface area (Å²) in [6, 6.07) is 5.09. The lowest BCUT2D eigenvalue weighted by Gasteiger charge is -2.46. The van der Waals surface area contributed by atoms with Crippen LogP contribution < -0.4 is 5.32 Å². The van der Waals surface area contributed by atoms with Crippen LogP contribution >= 0.6 is 23.2 Å². The van der Waals surface area contributed by atoms with Crippen molar-refractivity contribution >= 4 is 34.8 Å². The lowest BCUT2D eigenvalue weighted by Crippen LogP contribution is -2.61. The molecule has 1 aliphatic rings. The number of anilines is 1. The van der Waals surface area contributed by atoms with Gasteiger partial charge in [0.15, 0.2) is 0 Å². The van der Waals surface area contributed by atoms with Crippen LogP contribution in [0.25, 0.3) is 0 Å². The maximum Gasteiger partial charge on any atom is 0.225 e. The first-order chi connectivity index (χ1) is 9.43. The highest BCUT2D eigenvalue weighted by Gasteiger charge is 2.38. The zero-order valence-electron chi connectivity index (χ0n) is 11.3. The molecule has 0 aliphatic carbocycles. The molecule has 1 amide bonds. The first-order valence-corrected chi connectivity index (χ1v) is 7.38. The van der Waals surface area contributed by atoms with E-state index in [1.54, 1.807) is 18.2 Å². The van der Waals surface area contributed by atoms with Crippen LogP contribution in [0.2, 0.25) is 10.0 Å². The van der Waals surface area contributed by atoms with E-state index in [0.717, 1.165) is 6.42 Å². The summed E-state index contributed by atoms with van der Waals surface area (Å²) in [5, 5.41) is 13.5. The lowest BCUT2D eigenvalue weighted by molar-refractivity contribution is -0.121. The summed E-state index contributed by atoms with van der Waals surface area (Å²) in [4.78, 5) is 13.9. The molecule has 2 rings (SSSR count). The fraction of sp³-hybridized carbons (Fsp3) is 0.500. The second-order valence-electron chi connectivity index (χ2n) is 5.18. The predicted molar refractivity (Wildman–Crippen MR) is 81.4 cm³/mol. The SMILES string of the molecule is CCC1(O)CN(CCC(=O)Nc2c(Cl)cccc2Cl)C1. The molecule has 6 heteroatoms. The van der Waals surface area contributed by atoms with Crippen LogP contribution in [-0.2, 0) is 4.79 Å². The number of hydrogen-bond acceptors (Lipinski definition) is 3. The smallest absolute Gasteiger partial charge is 0.225 e. The quantitative estimate of drug-likeness (QED) is 0.878. The minimum Gasteiger partial charge on any atom is -0.387 e. The summed E-state index contributed by atoms with van der Waals surface area (Å²) in [5.41, 5.74) is -0.114. The van der Waals surface area contributed by atoms with Crippen LogP contribution in [0.3, 0.4) is 0 Å². The molecule has 20 heavy (non-hydrogen) atoms. The Bertz CT molecular complexity index is 482.